The Morgan fingerprint density at radius 1 is 1.00 bits per heavy atom. The highest BCUT2D eigenvalue weighted by atomic mass is 16.4. The molecule has 0 aliphatic heterocycles. The number of aliphatic hydroxyl groups excluding tert-OH is 4. The number of Topliss-reactive ketones (excluding diaryl/α,β-unsaturated/α-hetero) is 1. The second-order valence-electron chi connectivity index (χ2n) is 3.98. The van der Waals surface area contributed by atoms with E-state index >= 15 is 0 Å². The van der Waals surface area contributed by atoms with E-state index in [0.29, 0.717) is 13.0 Å². The minimum absolute atomic E-state index is 0.0247. The van der Waals surface area contributed by atoms with Crippen LogP contribution in [0.1, 0.15) is 26.7 Å². The van der Waals surface area contributed by atoms with Crippen molar-refractivity contribution in [1.82, 2.24) is 5.32 Å². The van der Waals surface area contributed by atoms with Gasteiger partial charge in [-0.2, -0.15) is 0 Å². The molecule has 0 unspecified atom stereocenters. The molecule has 0 bridgehead atoms. The largest absolute Gasteiger partial charge is 0.387 e. The van der Waals surface area contributed by atoms with Gasteiger partial charge in [-0.05, 0) is 6.42 Å². The van der Waals surface area contributed by atoms with Gasteiger partial charge in [-0.1, -0.05) is 13.8 Å². The van der Waals surface area contributed by atoms with Crippen molar-refractivity contribution in [1.29, 1.82) is 0 Å². The highest BCUT2D eigenvalue weighted by Crippen LogP contribution is 2.07. The molecule has 0 spiro atoms. The van der Waals surface area contributed by atoms with Crippen LogP contribution in [0.4, 0.5) is 0 Å². The van der Waals surface area contributed by atoms with Gasteiger partial charge in [0.1, 0.15) is 18.3 Å². The van der Waals surface area contributed by atoms with Crippen molar-refractivity contribution in [2.75, 3.05) is 6.54 Å². The summed E-state index contributed by atoms with van der Waals surface area (Å²) in [6.07, 6.45) is -6.92. The zero-order valence-corrected chi connectivity index (χ0v) is 10.5. The van der Waals surface area contributed by atoms with Gasteiger partial charge < -0.3 is 25.7 Å². The Morgan fingerprint density at radius 3 is 1.94 bits per heavy atom. The van der Waals surface area contributed by atoms with Crippen LogP contribution in [0.3, 0.4) is 0 Å². The summed E-state index contributed by atoms with van der Waals surface area (Å²) in [6.45, 7) is 3.60. The molecule has 0 radical (unpaired) electrons. The van der Waals surface area contributed by atoms with Crippen LogP contribution in [0.5, 0.6) is 0 Å². The average Bonchev–Trinajstić information content (AvgIpc) is 2.40. The summed E-state index contributed by atoms with van der Waals surface area (Å²) in [5, 5.41) is 40.1. The van der Waals surface area contributed by atoms with E-state index in [-0.39, 0.29) is 6.42 Å². The van der Waals surface area contributed by atoms with E-state index in [1.165, 1.54) is 6.92 Å². The smallest absolute Gasteiger partial charge is 0.251 e. The lowest BCUT2D eigenvalue weighted by Crippen LogP contribution is -2.52. The quantitative estimate of drug-likeness (QED) is 0.342. The fourth-order valence-electron chi connectivity index (χ4n) is 1.28. The predicted octanol–water partition coefficient (Wildman–Crippen LogP) is -2.06. The van der Waals surface area contributed by atoms with Gasteiger partial charge in [0, 0.05) is 13.0 Å². The fraction of sp³-hybridized carbons (Fsp3) is 0.818. The first-order valence-electron chi connectivity index (χ1n) is 5.89. The van der Waals surface area contributed by atoms with Crippen LogP contribution >= 0.6 is 0 Å². The molecule has 0 aliphatic carbocycles. The monoisotopic (exact) mass is 263 g/mol. The van der Waals surface area contributed by atoms with E-state index in [9.17, 15) is 30.0 Å². The number of rotatable bonds is 8. The number of aliphatic hydroxyl groups is 4. The molecular weight excluding hydrogens is 242 g/mol. The van der Waals surface area contributed by atoms with E-state index in [1.54, 1.807) is 0 Å². The number of nitrogens with one attached hydrogen (secondary N) is 1. The van der Waals surface area contributed by atoms with Gasteiger partial charge >= 0.3 is 0 Å². The van der Waals surface area contributed by atoms with Gasteiger partial charge in [-0.3, -0.25) is 9.59 Å². The van der Waals surface area contributed by atoms with E-state index < -0.39 is 36.1 Å². The maximum atomic E-state index is 11.3. The molecular formula is C11H21NO6. The Hall–Kier alpha value is -1.02. The van der Waals surface area contributed by atoms with Gasteiger partial charge in [-0.15, -0.1) is 0 Å². The number of ketones is 1. The molecule has 0 rings (SSSR count). The molecule has 1 amide bonds. The van der Waals surface area contributed by atoms with Crippen molar-refractivity contribution in [3.05, 3.63) is 0 Å². The second kappa shape index (κ2) is 8.15. The number of hydrogen-bond donors (Lipinski definition) is 5. The predicted molar refractivity (Wildman–Crippen MR) is 62.6 cm³/mol. The minimum Gasteiger partial charge on any atom is -0.387 e. The Labute approximate surface area is 105 Å². The maximum Gasteiger partial charge on any atom is 0.251 e. The van der Waals surface area contributed by atoms with Crippen LogP contribution in [-0.4, -0.2) is 63.1 Å². The van der Waals surface area contributed by atoms with Gasteiger partial charge in [0.2, 0.25) is 0 Å². The van der Waals surface area contributed by atoms with E-state index in [4.69, 9.17) is 0 Å². The first-order chi connectivity index (χ1) is 8.36. The van der Waals surface area contributed by atoms with Crippen molar-refractivity contribution in [2.45, 2.75) is 51.1 Å². The number of amides is 1. The van der Waals surface area contributed by atoms with Crippen molar-refractivity contribution >= 4 is 11.7 Å². The zero-order valence-electron chi connectivity index (χ0n) is 10.5. The van der Waals surface area contributed by atoms with Crippen LogP contribution < -0.4 is 5.32 Å². The lowest BCUT2D eigenvalue weighted by Gasteiger charge is -2.25. The van der Waals surface area contributed by atoms with Crippen molar-refractivity contribution in [3.63, 3.8) is 0 Å². The third-order valence-electron chi connectivity index (χ3n) is 2.49. The van der Waals surface area contributed by atoms with Crippen LogP contribution in [-0.2, 0) is 9.59 Å². The molecule has 0 aromatic carbocycles. The molecule has 7 nitrogen and oxygen atoms in total. The molecule has 4 atom stereocenters. The first-order valence-corrected chi connectivity index (χ1v) is 5.89. The topological polar surface area (TPSA) is 127 Å². The van der Waals surface area contributed by atoms with Gasteiger partial charge in [0.05, 0.1) is 0 Å². The second-order valence-corrected chi connectivity index (χ2v) is 3.98. The van der Waals surface area contributed by atoms with Crippen molar-refractivity contribution in [3.8, 4) is 0 Å². The molecule has 0 aromatic rings. The average molecular weight is 263 g/mol. The summed E-state index contributed by atoms with van der Waals surface area (Å²) < 4.78 is 0. The van der Waals surface area contributed by atoms with Crippen LogP contribution in [0.15, 0.2) is 0 Å². The summed E-state index contributed by atoms with van der Waals surface area (Å²) in [5.41, 5.74) is 0. The third kappa shape index (κ3) is 4.69. The van der Waals surface area contributed by atoms with Crippen molar-refractivity contribution in [2.24, 2.45) is 0 Å². The van der Waals surface area contributed by atoms with E-state index in [2.05, 4.69) is 5.32 Å². The lowest BCUT2D eigenvalue weighted by molar-refractivity contribution is -0.154. The Bertz CT molecular complexity index is 283. The maximum absolute atomic E-state index is 11.3. The molecule has 18 heavy (non-hydrogen) atoms. The van der Waals surface area contributed by atoms with E-state index in [1.807, 2.05) is 6.92 Å². The highest BCUT2D eigenvalue weighted by molar-refractivity contribution is 5.84. The summed E-state index contributed by atoms with van der Waals surface area (Å²) >= 11 is 0. The standard InChI is InChI=1S/C11H21NO6/c1-3-5-12-11(18)10(17)9(16)8(15)7(14)6(13)4-2/h7-10,14-17H,3-5H2,1-2H3,(H,12,18)/t7-,8+,9+,10-/m0/s1. The normalized spacial score (nSPS) is 17.7. The molecule has 0 aliphatic rings. The highest BCUT2D eigenvalue weighted by Gasteiger charge is 2.36. The van der Waals surface area contributed by atoms with Gasteiger partial charge in [-0.25, -0.2) is 0 Å². The minimum atomic E-state index is -1.92. The Balaban J connectivity index is 4.48. The van der Waals surface area contributed by atoms with Gasteiger partial charge in [0.25, 0.3) is 5.91 Å². The molecule has 0 saturated carbocycles. The number of carbonyl (C=O) groups excluding carboxylic acids is 2. The Morgan fingerprint density at radius 2 is 1.50 bits per heavy atom. The number of hydrogen-bond acceptors (Lipinski definition) is 6. The van der Waals surface area contributed by atoms with Crippen LogP contribution in [0.2, 0.25) is 0 Å². The molecule has 5 N–H and O–H groups in total. The van der Waals surface area contributed by atoms with Gasteiger partial charge in [0.15, 0.2) is 11.9 Å². The van der Waals surface area contributed by atoms with Crippen molar-refractivity contribution < 1.29 is 30.0 Å². The fourth-order valence-corrected chi connectivity index (χ4v) is 1.28. The van der Waals surface area contributed by atoms with Crippen LogP contribution in [0, 0.1) is 0 Å². The zero-order chi connectivity index (χ0) is 14.3. The summed E-state index contributed by atoms with van der Waals surface area (Å²) in [6, 6.07) is 0. The molecule has 0 fully saturated rings. The molecule has 0 aromatic heterocycles. The Kier molecular flexibility index (Phi) is 7.69. The summed E-state index contributed by atoms with van der Waals surface area (Å²) in [5.74, 6) is -1.54. The molecule has 0 saturated heterocycles. The third-order valence-corrected chi connectivity index (χ3v) is 2.49. The molecule has 0 heterocycles. The lowest BCUT2D eigenvalue weighted by atomic mass is 9.98. The first kappa shape index (κ1) is 17.0. The molecule has 7 heteroatoms. The SMILES string of the molecule is CCCNC(=O)[C@@H](O)[C@H](O)[C@H](O)[C@@H](O)C(=O)CC. The molecule has 106 valence electrons. The summed E-state index contributed by atoms with van der Waals surface area (Å²) in [7, 11) is 0. The van der Waals surface area contributed by atoms with Crippen LogP contribution in [0.25, 0.3) is 0 Å². The number of carbonyl (C=O) groups is 2. The summed E-state index contributed by atoms with van der Waals surface area (Å²) in [4.78, 5) is 22.4. The van der Waals surface area contributed by atoms with E-state index in [0.717, 1.165) is 0 Å².